The predicted molar refractivity (Wildman–Crippen MR) is 62.3 cm³/mol. The van der Waals surface area contributed by atoms with Crippen molar-refractivity contribution in [1.29, 1.82) is 0 Å². The van der Waals surface area contributed by atoms with Crippen molar-refractivity contribution < 1.29 is 4.79 Å². The summed E-state index contributed by atoms with van der Waals surface area (Å²) < 4.78 is 0. The second-order valence-corrected chi connectivity index (χ2v) is 5.46. The Hall–Kier alpha value is -1.03. The second-order valence-electron chi connectivity index (χ2n) is 4.51. The Bertz CT molecular complexity index is 345. The summed E-state index contributed by atoms with van der Waals surface area (Å²) in [4.78, 5) is 14.7. The van der Waals surface area contributed by atoms with Gasteiger partial charge in [0.15, 0.2) is 0 Å². The third kappa shape index (κ3) is 2.15. The van der Waals surface area contributed by atoms with Gasteiger partial charge < -0.3 is 10.2 Å². The number of carbonyl (C=O) groups is 1. The Morgan fingerprint density at radius 3 is 2.93 bits per heavy atom. The molecule has 2 amide bonds. The summed E-state index contributed by atoms with van der Waals surface area (Å²) in [5.74, 6) is 0. The van der Waals surface area contributed by atoms with E-state index in [1.165, 1.54) is 4.88 Å². The fourth-order valence-electron chi connectivity index (χ4n) is 1.88. The minimum absolute atomic E-state index is 0.0514. The number of amides is 2. The zero-order valence-corrected chi connectivity index (χ0v) is 9.93. The van der Waals surface area contributed by atoms with E-state index >= 15 is 0 Å². The first kappa shape index (κ1) is 10.5. The summed E-state index contributed by atoms with van der Waals surface area (Å²) in [5, 5.41) is 4.91. The Labute approximate surface area is 94.1 Å². The first-order valence-electron chi connectivity index (χ1n) is 5.16. The van der Waals surface area contributed by atoms with E-state index in [9.17, 15) is 4.79 Å². The highest BCUT2D eigenvalue weighted by Crippen LogP contribution is 2.28. The average molecular weight is 224 g/mol. The quantitative estimate of drug-likeness (QED) is 0.837. The van der Waals surface area contributed by atoms with Crippen molar-refractivity contribution >= 4 is 17.4 Å². The maximum atomic E-state index is 11.4. The van der Waals surface area contributed by atoms with Crippen LogP contribution in [0, 0.1) is 0 Å². The van der Waals surface area contributed by atoms with Crippen LogP contribution in [-0.4, -0.2) is 30.6 Å². The van der Waals surface area contributed by atoms with Gasteiger partial charge in [-0.25, -0.2) is 4.79 Å². The molecule has 0 bridgehead atoms. The molecule has 0 atom stereocenters. The lowest BCUT2D eigenvalue weighted by Gasteiger charge is -2.28. The molecule has 82 valence electrons. The average Bonchev–Trinajstić information content (AvgIpc) is 2.77. The smallest absolute Gasteiger partial charge is 0.317 e. The summed E-state index contributed by atoms with van der Waals surface area (Å²) >= 11 is 1.76. The molecule has 15 heavy (non-hydrogen) atoms. The number of hydrogen-bond acceptors (Lipinski definition) is 2. The summed E-state index contributed by atoms with van der Waals surface area (Å²) in [6, 6.07) is 4.27. The lowest BCUT2D eigenvalue weighted by Crippen LogP contribution is -2.38. The summed E-state index contributed by atoms with van der Waals surface area (Å²) in [5.41, 5.74) is 0.0514. The van der Waals surface area contributed by atoms with Gasteiger partial charge in [0.1, 0.15) is 0 Å². The normalized spacial score (nSPS) is 16.9. The standard InChI is InChI=1S/C11H16N2OS/c1-11(2,9-4-3-7-15-9)8-13-6-5-12-10(13)14/h3-4,7H,5-6,8H2,1-2H3,(H,12,14). The Balaban J connectivity index is 2.07. The van der Waals surface area contributed by atoms with Gasteiger partial charge in [0.2, 0.25) is 0 Å². The molecule has 0 spiro atoms. The van der Waals surface area contributed by atoms with Gasteiger partial charge >= 0.3 is 6.03 Å². The molecule has 0 aromatic carbocycles. The van der Waals surface area contributed by atoms with Crippen molar-refractivity contribution in [2.45, 2.75) is 19.3 Å². The van der Waals surface area contributed by atoms with Crippen LogP contribution in [0.3, 0.4) is 0 Å². The predicted octanol–water partition coefficient (Wildman–Crippen LogP) is 2.05. The van der Waals surface area contributed by atoms with Gasteiger partial charge in [0.05, 0.1) is 0 Å². The second kappa shape index (κ2) is 3.85. The van der Waals surface area contributed by atoms with Crippen LogP contribution >= 0.6 is 11.3 Å². The Morgan fingerprint density at radius 1 is 1.60 bits per heavy atom. The van der Waals surface area contributed by atoms with Crippen molar-refractivity contribution in [3.8, 4) is 0 Å². The van der Waals surface area contributed by atoms with Gasteiger partial charge in [-0.15, -0.1) is 11.3 Å². The van der Waals surface area contributed by atoms with Crippen LogP contribution in [0.4, 0.5) is 4.79 Å². The van der Waals surface area contributed by atoms with E-state index in [2.05, 4.69) is 36.7 Å². The Kier molecular flexibility index (Phi) is 2.69. The zero-order chi connectivity index (χ0) is 10.9. The van der Waals surface area contributed by atoms with Gasteiger partial charge in [-0.05, 0) is 11.4 Å². The SMILES string of the molecule is CC(C)(CN1CCNC1=O)c1cccs1. The van der Waals surface area contributed by atoms with Gasteiger partial charge in [0, 0.05) is 29.9 Å². The van der Waals surface area contributed by atoms with Crippen molar-refractivity contribution in [3.05, 3.63) is 22.4 Å². The van der Waals surface area contributed by atoms with E-state index in [-0.39, 0.29) is 11.4 Å². The number of nitrogens with zero attached hydrogens (tertiary/aromatic N) is 1. The molecule has 2 heterocycles. The van der Waals surface area contributed by atoms with Crippen molar-refractivity contribution in [3.63, 3.8) is 0 Å². The van der Waals surface area contributed by atoms with Crippen LogP contribution in [0.25, 0.3) is 0 Å². The fraction of sp³-hybridized carbons (Fsp3) is 0.545. The first-order valence-corrected chi connectivity index (χ1v) is 6.04. The largest absolute Gasteiger partial charge is 0.336 e. The summed E-state index contributed by atoms with van der Waals surface area (Å²) in [6.45, 7) is 6.77. The topological polar surface area (TPSA) is 32.3 Å². The van der Waals surface area contributed by atoms with Gasteiger partial charge in [-0.2, -0.15) is 0 Å². The van der Waals surface area contributed by atoms with Gasteiger partial charge in [0.25, 0.3) is 0 Å². The zero-order valence-electron chi connectivity index (χ0n) is 9.12. The molecule has 0 saturated carbocycles. The molecule has 0 unspecified atom stereocenters. The third-order valence-electron chi connectivity index (χ3n) is 2.72. The minimum Gasteiger partial charge on any atom is -0.336 e. The molecule has 2 rings (SSSR count). The monoisotopic (exact) mass is 224 g/mol. The molecular weight excluding hydrogens is 208 g/mol. The number of carbonyl (C=O) groups excluding carboxylic acids is 1. The minimum atomic E-state index is 0.0514. The molecule has 0 aliphatic carbocycles. The summed E-state index contributed by atoms with van der Waals surface area (Å²) in [6.07, 6.45) is 0. The van der Waals surface area contributed by atoms with Crippen molar-refractivity contribution in [2.75, 3.05) is 19.6 Å². The first-order chi connectivity index (χ1) is 7.09. The maximum absolute atomic E-state index is 11.4. The van der Waals surface area contributed by atoms with E-state index in [0.717, 1.165) is 19.6 Å². The summed E-state index contributed by atoms with van der Waals surface area (Å²) in [7, 11) is 0. The molecule has 1 saturated heterocycles. The van der Waals surface area contributed by atoms with E-state index in [1.807, 2.05) is 4.90 Å². The van der Waals surface area contributed by atoms with Crippen molar-refractivity contribution in [1.82, 2.24) is 10.2 Å². The van der Waals surface area contributed by atoms with E-state index < -0.39 is 0 Å². The van der Waals surface area contributed by atoms with Gasteiger partial charge in [-0.3, -0.25) is 0 Å². The molecule has 1 aliphatic heterocycles. The van der Waals surface area contributed by atoms with Crippen LogP contribution in [0.15, 0.2) is 17.5 Å². The van der Waals surface area contributed by atoms with Crippen LogP contribution in [0.1, 0.15) is 18.7 Å². The van der Waals surface area contributed by atoms with Crippen LogP contribution in [0.2, 0.25) is 0 Å². The fourth-order valence-corrected chi connectivity index (χ4v) is 2.73. The number of hydrogen-bond donors (Lipinski definition) is 1. The van der Waals surface area contributed by atoms with E-state index in [4.69, 9.17) is 0 Å². The molecule has 0 radical (unpaired) electrons. The van der Waals surface area contributed by atoms with Crippen LogP contribution in [-0.2, 0) is 5.41 Å². The molecule has 1 N–H and O–H groups in total. The van der Waals surface area contributed by atoms with Crippen LogP contribution < -0.4 is 5.32 Å². The molecular formula is C11H16N2OS. The molecule has 4 heteroatoms. The Morgan fingerprint density at radius 2 is 2.40 bits per heavy atom. The molecule has 1 fully saturated rings. The molecule has 1 aromatic heterocycles. The number of rotatable bonds is 3. The lowest BCUT2D eigenvalue weighted by molar-refractivity contribution is 0.207. The molecule has 3 nitrogen and oxygen atoms in total. The highest BCUT2D eigenvalue weighted by Gasteiger charge is 2.29. The highest BCUT2D eigenvalue weighted by molar-refractivity contribution is 7.10. The number of thiophene rings is 1. The number of nitrogens with one attached hydrogen (secondary N) is 1. The third-order valence-corrected chi connectivity index (χ3v) is 3.96. The van der Waals surface area contributed by atoms with Crippen LogP contribution in [0.5, 0.6) is 0 Å². The molecule has 1 aliphatic rings. The van der Waals surface area contributed by atoms with Crippen molar-refractivity contribution in [2.24, 2.45) is 0 Å². The lowest BCUT2D eigenvalue weighted by atomic mass is 9.91. The highest BCUT2D eigenvalue weighted by atomic mass is 32.1. The number of urea groups is 1. The maximum Gasteiger partial charge on any atom is 0.317 e. The van der Waals surface area contributed by atoms with E-state index in [0.29, 0.717) is 0 Å². The van der Waals surface area contributed by atoms with Gasteiger partial charge in [-0.1, -0.05) is 19.9 Å². The van der Waals surface area contributed by atoms with E-state index in [1.54, 1.807) is 11.3 Å². The molecule has 1 aromatic rings.